The molecule has 0 saturated carbocycles. The van der Waals surface area contributed by atoms with Crippen molar-refractivity contribution >= 4 is 34.5 Å². The highest BCUT2D eigenvalue weighted by Crippen LogP contribution is 2.35. The Morgan fingerprint density at radius 3 is 2.83 bits per heavy atom. The number of carboxylic acid groups (broad SMARTS) is 1. The highest BCUT2D eigenvalue weighted by molar-refractivity contribution is 6.30. The number of halogens is 2. The third kappa shape index (κ3) is 3.12. The van der Waals surface area contributed by atoms with E-state index in [0.29, 0.717) is 17.1 Å². The molecule has 24 heavy (non-hydrogen) atoms. The number of carbonyl (C=O) groups is 1. The van der Waals surface area contributed by atoms with Gasteiger partial charge in [-0.05, 0) is 30.3 Å². The van der Waals surface area contributed by atoms with Crippen molar-refractivity contribution in [2.45, 2.75) is 0 Å². The Hall–Kier alpha value is -2.79. The summed E-state index contributed by atoms with van der Waals surface area (Å²) in [5.41, 5.74) is 1.59. The van der Waals surface area contributed by atoms with E-state index in [1.54, 1.807) is 6.07 Å². The van der Waals surface area contributed by atoms with E-state index in [2.05, 4.69) is 0 Å². The van der Waals surface area contributed by atoms with E-state index in [9.17, 15) is 9.18 Å². The van der Waals surface area contributed by atoms with E-state index in [0.717, 1.165) is 17.0 Å². The summed E-state index contributed by atoms with van der Waals surface area (Å²) in [5, 5.41) is 9.57. The third-order valence-electron chi connectivity index (χ3n) is 3.53. The van der Waals surface area contributed by atoms with Gasteiger partial charge in [0, 0.05) is 36.3 Å². The molecule has 0 radical (unpaired) electrons. The average Bonchev–Trinajstić information content (AvgIpc) is 2.86. The lowest BCUT2D eigenvalue weighted by molar-refractivity contribution is -0.131. The van der Waals surface area contributed by atoms with Crippen LogP contribution < -0.4 is 4.74 Å². The first kappa shape index (κ1) is 16.1. The van der Waals surface area contributed by atoms with E-state index in [-0.39, 0.29) is 5.02 Å². The number of hydrogen-bond donors (Lipinski definition) is 1. The largest absolute Gasteiger partial charge is 0.478 e. The highest BCUT2D eigenvalue weighted by Gasteiger charge is 2.12. The standard InChI is InChI=1S/C18H13ClFNO3/c1-21-10-11(5-8-17(22)23)18-15(21)3-2-4-16(18)24-12-6-7-14(20)13(19)9-12/h2-10H,1H3,(H,22,23)/b8-5+. The number of aromatic nitrogens is 1. The molecule has 0 aliphatic heterocycles. The fraction of sp³-hybridized carbons (Fsp3) is 0.0556. The number of benzene rings is 2. The lowest BCUT2D eigenvalue weighted by Gasteiger charge is -2.09. The molecule has 6 heteroatoms. The van der Waals surface area contributed by atoms with Gasteiger partial charge < -0.3 is 14.4 Å². The minimum atomic E-state index is -1.03. The lowest BCUT2D eigenvalue weighted by atomic mass is 10.1. The van der Waals surface area contributed by atoms with Gasteiger partial charge in [-0.2, -0.15) is 0 Å². The monoisotopic (exact) mass is 345 g/mol. The number of aliphatic carboxylic acids is 1. The van der Waals surface area contributed by atoms with Gasteiger partial charge in [0.1, 0.15) is 17.3 Å². The molecule has 122 valence electrons. The third-order valence-corrected chi connectivity index (χ3v) is 3.82. The highest BCUT2D eigenvalue weighted by atomic mass is 35.5. The molecule has 4 nitrogen and oxygen atoms in total. The maximum atomic E-state index is 13.3. The van der Waals surface area contributed by atoms with Crippen LogP contribution in [-0.2, 0) is 11.8 Å². The number of nitrogens with zero attached hydrogens (tertiary/aromatic N) is 1. The zero-order chi connectivity index (χ0) is 17.3. The molecular formula is C18H13ClFNO3. The predicted molar refractivity (Wildman–Crippen MR) is 91.1 cm³/mol. The van der Waals surface area contributed by atoms with Crippen LogP contribution in [0.4, 0.5) is 4.39 Å². The van der Waals surface area contributed by atoms with Crippen LogP contribution in [0, 0.1) is 5.82 Å². The molecule has 3 aromatic rings. The lowest BCUT2D eigenvalue weighted by Crippen LogP contribution is -1.88. The Balaban J connectivity index is 2.10. The molecule has 0 amide bonds. The smallest absolute Gasteiger partial charge is 0.328 e. The molecule has 1 heterocycles. The van der Waals surface area contributed by atoms with Crippen molar-refractivity contribution in [1.29, 1.82) is 0 Å². The van der Waals surface area contributed by atoms with Crippen molar-refractivity contribution in [3.63, 3.8) is 0 Å². The number of fused-ring (bicyclic) bond motifs is 1. The summed E-state index contributed by atoms with van der Waals surface area (Å²) in [6, 6.07) is 9.60. The van der Waals surface area contributed by atoms with Crippen LogP contribution in [0.3, 0.4) is 0 Å². The second-order valence-corrected chi connectivity index (χ2v) is 5.60. The van der Waals surface area contributed by atoms with E-state index >= 15 is 0 Å². The van der Waals surface area contributed by atoms with E-state index in [1.807, 2.05) is 29.9 Å². The summed E-state index contributed by atoms with van der Waals surface area (Å²) in [6.07, 6.45) is 4.39. The van der Waals surface area contributed by atoms with Gasteiger partial charge in [-0.25, -0.2) is 9.18 Å². The maximum absolute atomic E-state index is 13.3. The Kier molecular flexibility index (Phi) is 4.27. The first-order valence-electron chi connectivity index (χ1n) is 7.07. The predicted octanol–water partition coefficient (Wildman–Crippen LogP) is 4.86. The zero-order valence-electron chi connectivity index (χ0n) is 12.7. The Morgan fingerprint density at radius 2 is 2.12 bits per heavy atom. The van der Waals surface area contributed by atoms with Gasteiger partial charge in [-0.3, -0.25) is 0 Å². The molecule has 0 spiro atoms. The quantitative estimate of drug-likeness (QED) is 0.687. The molecular weight excluding hydrogens is 333 g/mol. The molecule has 2 aromatic carbocycles. The van der Waals surface area contributed by atoms with Crippen LogP contribution in [0.5, 0.6) is 11.5 Å². The van der Waals surface area contributed by atoms with Crippen molar-refractivity contribution in [2.75, 3.05) is 0 Å². The fourth-order valence-corrected chi connectivity index (χ4v) is 2.66. The van der Waals surface area contributed by atoms with E-state index < -0.39 is 11.8 Å². The normalized spacial score (nSPS) is 11.3. The van der Waals surface area contributed by atoms with Crippen LogP contribution >= 0.6 is 11.6 Å². The topological polar surface area (TPSA) is 51.5 Å². The Bertz CT molecular complexity index is 962. The van der Waals surface area contributed by atoms with Gasteiger partial charge >= 0.3 is 5.97 Å². The fourth-order valence-electron chi connectivity index (χ4n) is 2.49. The van der Waals surface area contributed by atoms with Gasteiger partial charge in [-0.15, -0.1) is 0 Å². The summed E-state index contributed by atoms with van der Waals surface area (Å²) in [6.45, 7) is 0. The molecule has 0 fully saturated rings. The molecule has 0 unspecified atom stereocenters. The molecule has 1 N–H and O–H groups in total. The SMILES string of the molecule is Cn1cc(/C=C/C(=O)O)c2c(Oc3ccc(F)c(Cl)c3)cccc21. The summed E-state index contributed by atoms with van der Waals surface area (Å²) in [4.78, 5) is 10.8. The molecule has 0 aliphatic carbocycles. The number of aryl methyl sites for hydroxylation is 1. The van der Waals surface area contributed by atoms with E-state index in [1.165, 1.54) is 24.3 Å². The van der Waals surface area contributed by atoms with Crippen LogP contribution in [0.25, 0.3) is 17.0 Å². The first-order valence-corrected chi connectivity index (χ1v) is 7.45. The van der Waals surface area contributed by atoms with Crippen LogP contribution in [0.2, 0.25) is 5.02 Å². The van der Waals surface area contributed by atoms with Crippen LogP contribution in [0.1, 0.15) is 5.56 Å². The minimum absolute atomic E-state index is 0.0290. The zero-order valence-corrected chi connectivity index (χ0v) is 13.4. The number of ether oxygens (including phenoxy) is 1. The average molecular weight is 346 g/mol. The molecule has 1 aromatic heterocycles. The maximum Gasteiger partial charge on any atom is 0.328 e. The van der Waals surface area contributed by atoms with Crippen molar-refractivity contribution in [3.8, 4) is 11.5 Å². The Labute approximate surface area is 142 Å². The van der Waals surface area contributed by atoms with Crippen molar-refractivity contribution < 1.29 is 19.0 Å². The van der Waals surface area contributed by atoms with Gasteiger partial charge in [0.05, 0.1) is 10.5 Å². The molecule has 0 saturated heterocycles. The summed E-state index contributed by atoms with van der Waals surface area (Å²) in [5.74, 6) is -0.630. The van der Waals surface area contributed by atoms with Crippen LogP contribution in [0.15, 0.2) is 48.7 Å². The minimum Gasteiger partial charge on any atom is -0.478 e. The van der Waals surface area contributed by atoms with Gasteiger partial charge in [0.15, 0.2) is 0 Å². The number of rotatable bonds is 4. The Morgan fingerprint density at radius 1 is 1.33 bits per heavy atom. The summed E-state index contributed by atoms with van der Waals surface area (Å²) < 4.78 is 21.0. The second kappa shape index (κ2) is 6.37. The van der Waals surface area contributed by atoms with Crippen molar-refractivity contribution in [1.82, 2.24) is 4.57 Å². The van der Waals surface area contributed by atoms with Crippen molar-refractivity contribution in [3.05, 3.63) is 65.1 Å². The summed E-state index contributed by atoms with van der Waals surface area (Å²) >= 11 is 5.78. The molecule has 0 atom stereocenters. The number of hydrogen-bond acceptors (Lipinski definition) is 2. The van der Waals surface area contributed by atoms with Crippen molar-refractivity contribution in [2.24, 2.45) is 7.05 Å². The van der Waals surface area contributed by atoms with Gasteiger partial charge in [0.25, 0.3) is 0 Å². The van der Waals surface area contributed by atoms with Gasteiger partial charge in [0.2, 0.25) is 0 Å². The van der Waals surface area contributed by atoms with Crippen LogP contribution in [-0.4, -0.2) is 15.6 Å². The number of carboxylic acids is 1. The molecule has 0 bridgehead atoms. The van der Waals surface area contributed by atoms with Gasteiger partial charge in [-0.1, -0.05) is 17.7 Å². The first-order chi connectivity index (χ1) is 11.5. The molecule has 0 aliphatic rings. The van der Waals surface area contributed by atoms with E-state index in [4.69, 9.17) is 21.4 Å². The molecule has 3 rings (SSSR count). The summed E-state index contributed by atoms with van der Waals surface area (Å²) in [7, 11) is 1.86. The second-order valence-electron chi connectivity index (χ2n) is 5.20.